The van der Waals surface area contributed by atoms with Crippen LogP contribution in [0, 0.1) is 10.1 Å². The molecule has 0 atom stereocenters. The maximum atomic E-state index is 10.5. The first-order chi connectivity index (χ1) is 8.52. The molecule has 1 aromatic heterocycles. The van der Waals surface area contributed by atoms with Gasteiger partial charge in [-0.25, -0.2) is 9.97 Å². The average molecular weight is 248 g/mol. The van der Waals surface area contributed by atoms with E-state index in [0.717, 1.165) is 6.08 Å². The normalized spacial score (nSPS) is 12.1. The van der Waals surface area contributed by atoms with Gasteiger partial charge in [0.1, 0.15) is 17.9 Å². The number of nitrogens with two attached hydrogens (primary N) is 1. The minimum Gasteiger partial charge on any atom is -0.444 e. The summed E-state index contributed by atoms with van der Waals surface area (Å²) in [6, 6.07) is 1.45. The highest BCUT2D eigenvalue weighted by molar-refractivity contribution is 5.31. The Morgan fingerprint density at radius 3 is 2.83 bits per heavy atom. The number of hydrogen-bond donors (Lipinski definition) is 1. The fourth-order valence-corrected chi connectivity index (χ4v) is 1.01. The summed E-state index contributed by atoms with van der Waals surface area (Å²) in [5, 5.41) is 10.5. The van der Waals surface area contributed by atoms with Crippen LogP contribution in [0.1, 0.15) is 6.92 Å². The Bertz CT molecular complexity index is 523. The van der Waals surface area contributed by atoms with E-state index in [-0.39, 0.29) is 17.4 Å². The molecule has 2 N–H and O–H groups in total. The first kappa shape index (κ1) is 13.4. The summed E-state index contributed by atoms with van der Waals surface area (Å²) in [6.07, 6.45) is 5.14. The van der Waals surface area contributed by atoms with Gasteiger partial charge in [0.2, 0.25) is 5.88 Å². The van der Waals surface area contributed by atoms with Gasteiger partial charge in [0.05, 0.1) is 4.92 Å². The molecule has 0 aliphatic carbocycles. The largest absolute Gasteiger partial charge is 0.444 e. The first-order valence-corrected chi connectivity index (χ1v) is 4.93. The molecule has 0 radical (unpaired) electrons. The predicted octanol–water partition coefficient (Wildman–Crippen LogP) is 1.69. The van der Waals surface area contributed by atoms with Crippen LogP contribution in [0.15, 0.2) is 48.7 Å². The number of nitro groups is 1. The minimum atomic E-state index is -0.542. The number of nitrogen functional groups attached to an aromatic ring is 1. The number of anilines is 1. The number of allylic oxidation sites excluding steroid dienone is 4. The average Bonchev–Trinajstić information content (AvgIpc) is 2.29. The highest BCUT2D eigenvalue weighted by atomic mass is 16.6. The number of ether oxygens (including phenoxy) is 1. The molecule has 0 bridgehead atoms. The third-order valence-electron chi connectivity index (χ3n) is 1.84. The third-order valence-corrected chi connectivity index (χ3v) is 1.84. The fourth-order valence-electron chi connectivity index (χ4n) is 1.01. The van der Waals surface area contributed by atoms with Crippen molar-refractivity contribution in [3.05, 3.63) is 58.8 Å². The molecule has 7 heteroatoms. The van der Waals surface area contributed by atoms with E-state index in [2.05, 4.69) is 16.5 Å². The molecule has 0 aliphatic heterocycles. The van der Waals surface area contributed by atoms with Gasteiger partial charge in [-0.05, 0) is 13.0 Å². The standard InChI is InChI=1S/C11H12N4O3/c1-3-9(15(16)17)5-4-8(2)18-11-6-10(12)13-7-14-11/h3-7H,1H2,2H3,(H2,12,13,14)/b8-4+,9-5+. The zero-order chi connectivity index (χ0) is 13.5. The van der Waals surface area contributed by atoms with E-state index in [1.807, 2.05) is 0 Å². The van der Waals surface area contributed by atoms with Gasteiger partial charge in [-0.15, -0.1) is 0 Å². The predicted molar refractivity (Wildman–Crippen MR) is 66.1 cm³/mol. The van der Waals surface area contributed by atoms with Crippen molar-refractivity contribution >= 4 is 5.82 Å². The van der Waals surface area contributed by atoms with Crippen LogP contribution >= 0.6 is 0 Å². The molecule has 0 saturated heterocycles. The van der Waals surface area contributed by atoms with Gasteiger partial charge in [-0.3, -0.25) is 10.1 Å². The Balaban J connectivity index is 2.79. The van der Waals surface area contributed by atoms with Crippen molar-refractivity contribution in [2.75, 3.05) is 5.73 Å². The maximum absolute atomic E-state index is 10.5. The van der Waals surface area contributed by atoms with E-state index in [1.54, 1.807) is 6.92 Å². The molecule has 18 heavy (non-hydrogen) atoms. The SMILES string of the molecule is C=C/C(=C\C=C(/C)Oc1cc(N)ncn1)[N+](=O)[O-]. The molecule has 94 valence electrons. The molecule has 1 heterocycles. The molecule has 0 unspecified atom stereocenters. The number of nitrogens with zero attached hydrogens (tertiary/aromatic N) is 3. The zero-order valence-electron chi connectivity index (χ0n) is 9.74. The van der Waals surface area contributed by atoms with Crippen molar-refractivity contribution in [1.82, 2.24) is 9.97 Å². The van der Waals surface area contributed by atoms with Crippen LogP contribution in [0.25, 0.3) is 0 Å². The van der Waals surface area contributed by atoms with Gasteiger partial charge < -0.3 is 10.5 Å². The van der Waals surface area contributed by atoms with E-state index in [0.29, 0.717) is 5.76 Å². The Morgan fingerprint density at radius 1 is 1.56 bits per heavy atom. The molecule has 1 rings (SSSR count). The van der Waals surface area contributed by atoms with Crippen LogP contribution in [-0.2, 0) is 0 Å². The molecule has 0 aromatic carbocycles. The van der Waals surface area contributed by atoms with E-state index < -0.39 is 4.92 Å². The second kappa shape index (κ2) is 6.14. The van der Waals surface area contributed by atoms with Crippen molar-refractivity contribution in [1.29, 1.82) is 0 Å². The van der Waals surface area contributed by atoms with E-state index in [9.17, 15) is 10.1 Å². The Morgan fingerprint density at radius 2 is 2.28 bits per heavy atom. The molecule has 0 fully saturated rings. The Labute approximate surface area is 103 Å². The van der Waals surface area contributed by atoms with Crippen molar-refractivity contribution in [3.8, 4) is 5.88 Å². The lowest BCUT2D eigenvalue weighted by Crippen LogP contribution is -1.97. The monoisotopic (exact) mass is 248 g/mol. The van der Waals surface area contributed by atoms with Gasteiger partial charge in [0, 0.05) is 18.2 Å². The second-order valence-corrected chi connectivity index (χ2v) is 3.21. The van der Waals surface area contributed by atoms with Gasteiger partial charge in [-0.1, -0.05) is 6.58 Å². The smallest absolute Gasteiger partial charge is 0.268 e. The second-order valence-electron chi connectivity index (χ2n) is 3.21. The van der Waals surface area contributed by atoms with Crippen LogP contribution in [0.3, 0.4) is 0 Å². The van der Waals surface area contributed by atoms with Gasteiger partial charge in [0.15, 0.2) is 0 Å². The number of aromatic nitrogens is 2. The first-order valence-electron chi connectivity index (χ1n) is 4.93. The van der Waals surface area contributed by atoms with Crippen molar-refractivity contribution in [2.24, 2.45) is 0 Å². The van der Waals surface area contributed by atoms with Gasteiger partial charge in [0.25, 0.3) is 5.70 Å². The minimum absolute atomic E-state index is 0.125. The van der Waals surface area contributed by atoms with Crippen molar-refractivity contribution < 1.29 is 9.66 Å². The fraction of sp³-hybridized carbons (Fsp3) is 0.0909. The summed E-state index contributed by atoms with van der Waals surface area (Å²) >= 11 is 0. The van der Waals surface area contributed by atoms with E-state index in [4.69, 9.17) is 10.5 Å². The summed E-state index contributed by atoms with van der Waals surface area (Å²) in [5.41, 5.74) is 5.33. The van der Waals surface area contributed by atoms with Crippen LogP contribution < -0.4 is 10.5 Å². The topological polar surface area (TPSA) is 104 Å². The summed E-state index contributed by atoms with van der Waals surface area (Å²) in [6.45, 7) is 4.97. The van der Waals surface area contributed by atoms with Crippen LogP contribution in [0.2, 0.25) is 0 Å². The summed E-state index contributed by atoms with van der Waals surface area (Å²) < 4.78 is 5.30. The summed E-state index contributed by atoms with van der Waals surface area (Å²) in [4.78, 5) is 17.5. The summed E-state index contributed by atoms with van der Waals surface area (Å²) in [5.74, 6) is 0.973. The molecule has 7 nitrogen and oxygen atoms in total. The summed E-state index contributed by atoms with van der Waals surface area (Å²) in [7, 11) is 0. The molecule has 0 spiro atoms. The third kappa shape index (κ3) is 4.05. The molecule has 0 amide bonds. The Hall–Kier alpha value is -2.70. The lowest BCUT2D eigenvalue weighted by Gasteiger charge is -2.03. The van der Waals surface area contributed by atoms with Gasteiger partial charge >= 0.3 is 0 Å². The van der Waals surface area contributed by atoms with Crippen LogP contribution in [0.5, 0.6) is 5.88 Å². The van der Waals surface area contributed by atoms with E-state index in [1.165, 1.54) is 24.5 Å². The molecule has 0 saturated carbocycles. The lowest BCUT2D eigenvalue weighted by molar-refractivity contribution is -0.418. The zero-order valence-corrected chi connectivity index (χ0v) is 9.74. The molecular formula is C11H12N4O3. The molecule has 0 aliphatic rings. The van der Waals surface area contributed by atoms with Gasteiger partial charge in [-0.2, -0.15) is 0 Å². The molecule has 1 aromatic rings. The van der Waals surface area contributed by atoms with Crippen molar-refractivity contribution in [2.45, 2.75) is 6.92 Å². The maximum Gasteiger partial charge on any atom is 0.268 e. The quantitative estimate of drug-likeness (QED) is 0.368. The Kier molecular flexibility index (Phi) is 4.56. The highest BCUT2D eigenvalue weighted by Gasteiger charge is 2.03. The van der Waals surface area contributed by atoms with Crippen LogP contribution in [0.4, 0.5) is 5.82 Å². The highest BCUT2D eigenvalue weighted by Crippen LogP contribution is 2.11. The lowest BCUT2D eigenvalue weighted by atomic mass is 10.3. The molecular weight excluding hydrogens is 236 g/mol. The number of rotatable bonds is 5. The van der Waals surface area contributed by atoms with E-state index >= 15 is 0 Å². The number of hydrogen-bond acceptors (Lipinski definition) is 6. The van der Waals surface area contributed by atoms with Crippen molar-refractivity contribution in [3.63, 3.8) is 0 Å². The van der Waals surface area contributed by atoms with Crippen LogP contribution in [-0.4, -0.2) is 14.9 Å².